The first-order valence-corrected chi connectivity index (χ1v) is 5.65. The molecule has 1 radical (unpaired) electrons. The fourth-order valence-corrected chi connectivity index (χ4v) is 1.61. The van der Waals surface area contributed by atoms with Crippen LogP contribution in [0.25, 0.3) is 0 Å². The summed E-state index contributed by atoms with van der Waals surface area (Å²) >= 11 is 0. The van der Waals surface area contributed by atoms with Crippen molar-refractivity contribution in [2.24, 2.45) is 0 Å². The minimum absolute atomic E-state index is 0.330. The van der Waals surface area contributed by atoms with Gasteiger partial charge in [-0.2, -0.15) is 4.90 Å². The van der Waals surface area contributed by atoms with Crippen molar-refractivity contribution in [1.82, 2.24) is 9.80 Å². The number of aliphatic hydroxyl groups excluding tert-OH is 2. The molecule has 4 nitrogen and oxygen atoms in total. The van der Waals surface area contributed by atoms with Gasteiger partial charge < -0.3 is 15.1 Å². The summed E-state index contributed by atoms with van der Waals surface area (Å²) < 4.78 is 0. The highest BCUT2D eigenvalue weighted by atomic mass is 16.3. The van der Waals surface area contributed by atoms with Crippen LogP contribution in [0, 0.1) is 0 Å². The molecule has 0 rings (SSSR count). The summed E-state index contributed by atoms with van der Waals surface area (Å²) in [5.74, 6) is 0. The van der Waals surface area contributed by atoms with Gasteiger partial charge in [0, 0.05) is 13.0 Å². The smallest absolute Gasteiger partial charge is 0.148 e. The molecule has 0 saturated heterocycles. The van der Waals surface area contributed by atoms with E-state index in [1.807, 2.05) is 14.1 Å². The lowest BCUT2D eigenvalue weighted by molar-refractivity contribution is 0.125. The Kier molecular flexibility index (Phi) is 7.96. The molecule has 0 bridgehead atoms. The van der Waals surface area contributed by atoms with E-state index in [0.29, 0.717) is 13.1 Å². The van der Waals surface area contributed by atoms with Crippen molar-refractivity contribution in [3.05, 3.63) is 0 Å². The molecule has 0 saturated carbocycles. The highest BCUT2D eigenvalue weighted by Crippen LogP contribution is 1.95. The topological polar surface area (TPSA) is 49.6 Å². The lowest BCUT2D eigenvalue weighted by atomic mass is 10.2. The average Bonchev–Trinajstić information content (AvgIpc) is 2.00. The molecular weight excluding hydrogens is 192 g/mol. The first-order valence-electron chi connectivity index (χ1n) is 5.65. The van der Waals surface area contributed by atoms with Gasteiger partial charge in [-0.05, 0) is 27.9 Å². The lowest BCUT2D eigenvalue weighted by Crippen LogP contribution is -2.42. The van der Waals surface area contributed by atoms with E-state index in [1.54, 1.807) is 13.8 Å². The molecular formula is C11H26N2O2+. The largest absolute Gasteiger partial charge is 0.387 e. The Morgan fingerprint density at radius 3 is 1.87 bits per heavy atom. The van der Waals surface area contributed by atoms with Gasteiger partial charge in [-0.15, -0.1) is 0 Å². The average molecular weight is 218 g/mol. The van der Waals surface area contributed by atoms with Crippen LogP contribution in [0.3, 0.4) is 0 Å². The first-order chi connectivity index (χ1) is 6.91. The second kappa shape index (κ2) is 8.05. The maximum absolute atomic E-state index is 9.31. The fraction of sp³-hybridized carbons (Fsp3) is 1.00. The van der Waals surface area contributed by atoms with Crippen molar-refractivity contribution in [2.45, 2.75) is 32.5 Å². The van der Waals surface area contributed by atoms with Crippen LogP contribution in [0.1, 0.15) is 20.3 Å². The Morgan fingerprint density at radius 1 is 1.07 bits per heavy atom. The van der Waals surface area contributed by atoms with E-state index in [-0.39, 0.29) is 12.2 Å². The van der Waals surface area contributed by atoms with E-state index in [1.165, 1.54) is 0 Å². The molecule has 2 N–H and O–H groups in total. The highest BCUT2D eigenvalue weighted by molar-refractivity contribution is 4.70. The first kappa shape index (κ1) is 14.8. The van der Waals surface area contributed by atoms with Crippen LogP contribution in [-0.4, -0.2) is 67.6 Å². The predicted octanol–water partition coefficient (Wildman–Crippen LogP) is -0.160. The molecule has 0 spiro atoms. The predicted molar refractivity (Wildman–Crippen MR) is 63.3 cm³/mol. The van der Waals surface area contributed by atoms with Crippen molar-refractivity contribution in [3.8, 4) is 0 Å². The fourth-order valence-electron chi connectivity index (χ4n) is 1.61. The molecule has 2 atom stereocenters. The highest BCUT2D eigenvalue weighted by Gasteiger charge is 2.19. The molecule has 0 amide bonds. The van der Waals surface area contributed by atoms with E-state index in [4.69, 9.17) is 0 Å². The van der Waals surface area contributed by atoms with Gasteiger partial charge in [0.15, 0.2) is 0 Å². The Morgan fingerprint density at radius 2 is 1.53 bits per heavy atom. The van der Waals surface area contributed by atoms with Gasteiger partial charge >= 0.3 is 0 Å². The van der Waals surface area contributed by atoms with Gasteiger partial charge in [-0.3, -0.25) is 0 Å². The van der Waals surface area contributed by atoms with Crippen LogP contribution in [0.5, 0.6) is 0 Å². The minimum atomic E-state index is -0.330. The van der Waals surface area contributed by atoms with E-state index in [2.05, 4.69) is 9.80 Å². The Balaban J connectivity index is 3.79. The van der Waals surface area contributed by atoms with E-state index < -0.39 is 0 Å². The van der Waals surface area contributed by atoms with Crippen molar-refractivity contribution < 1.29 is 10.2 Å². The molecule has 0 aliphatic carbocycles. The zero-order valence-electron chi connectivity index (χ0n) is 10.5. The Labute approximate surface area is 93.5 Å². The Hall–Kier alpha value is -0.160. The molecule has 0 aromatic carbocycles. The molecule has 2 unspecified atom stereocenters. The zero-order valence-corrected chi connectivity index (χ0v) is 10.5. The van der Waals surface area contributed by atoms with E-state index in [0.717, 1.165) is 19.5 Å². The maximum atomic E-state index is 9.31. The summed E-state index contributed by atoms with van der Waals surface area (Å²) in [5.41, 5.74) is 0. The number of nitrogens with zero attached hydrogens (tertiary/aromatic N) is 2. The summed E-state index contributed by atoms with van der Waals surface area (Å²) in [6.45, 7) is 6.79. The molecule has 0 aromatic rings. The van der Waals surface area contributed by atoms with Gasteiger partial charge in [0.1, 0.15) is 31.8 Å². The molecule has 0 aliphatic rings. The molecule has 0 heterocycles. The standard InChI is InChI=1S/C11H26N2O2/c1-10(14)8-13(9-11(2)15)7-5-6-12(3)4/h10-11,14-15H,5-9H2,1-4H3/q+1. The Bertz CT molecular complexity index is 140. The van der Waals surface area contributed by atoms with E-state index >= 15 is 0 Å². The zero-order chi connectivity index (χ0) is 11.8. The van der Waals surface area contributed by atoms with Gasteiger partial charge in [-0.25, -0.2) is 0 Å². The third-order valence-electron chi connectivity index (χ3n) is 2.12. The quantitative estimate of drug-likeness (QED) is 0.557. The van der Waals surface area contributed by atoms with E-state index in [9.17, 15) is 10.2 Å². The van der Waals surface area contributed by atoms with Crippen molar-refractivity contribution in [2.75, 3.05) is 40.3 Å². The second-order valence-electron chi connectivity index (χ2n) is 4.61. The maximum Gasteiger partial charge on any atom is 0.148 e. The van der Waals surface area contributed by atoms with Gasteiger partial charge in [-0.1, -0.05) is 0 Å². The monoisotopic (exact) mass is 218 g/mol. The van der Waals surface area contributed by atoms with Crippen LogP contribution in [0.15, 0.2) is 0 Å². The molecule has 15 heavy (non-hydrogen) atoms. The van der Waals surface area contributed by atoms with Gasteiger partial charge in [0.25, 0.3) is 0 Å². The summed E-state index contributed by atoms with van der Waals surface area (Å²) in [7, 11) is 4.10. The molecule has 0 aliphatic heterocycles. The summed E-state index contributed by atoms with van der Waals surface area (Å²) in [4.78, 5) is 4.25. The van der Waals surface area contributed by atoms with Crippen molar-refractivity contribution in [1.29, 1.82) is 0 Å². The summed E-state index contributed by atoms with van der Waals surface area (Å²) in [6, 6.07) is 0. The third-order valence-corrected chi connectivity index (χ3v) is 2.12. The molecule has 4 heteroatoms. The van der Waals surface area contributed by atoms with Gasteiger partial charge in [0.05, 0.1) is 0 Å². The molecule has 0 fully saturated rings. The number of hydrogen-bond acceptors (Lipinski definition) is 4. The molecule has 91 valence electrons. The SMILES string of the molecule is CC(O)C[N+](CCCN(C)C)CC(C)O. The summed E-state index contributed by atoms with van der Waals surface area (Å²) in [6.07, 6.45) is 0.401. The normalized spacial score (nSPS) is 16.0. The number of rotatable bonds is 8. The number of hydrogen-bond donors (Lipinski definition) is 2. The lowest BCUT2D eigenvalue weighted by Gasteiger charge is -2.16. The van der Waals surface area contributed by atoms with Gasteiger partial charge in [0.2, 0.25) is 0 Å². The van der Waals surface area contributed by atoms with Crippen LogP contribution >= 0.6 is 0 Å². The van der Waals surface area contributed by atoms with Crippen LogP contribution in [-0.2, 0) is 0 Å². The van der Waals surface area contributed by atoms with Crippen LogP contribution < -0.4 is 4.90 Å². The third kappa shape index (κ3) is 10.1. The summed E-state index contributed by atoms with van der Waals surface area (Å²) in [5, 5.41) is 18.6. The second-order valence-corrected chi connectivity index (χ2v) is 4.61. The van der Waals surface area contributed by atoms with Crippen LogP contribution in [0.4, 0.5) is 0 Å². The number of aliphatic hydroxyl groups is 2. The van der Waals surface area contributed by atoms with Crippen LogP contribution in [0.2, 0.25) is 0 Å². The van der Waals surface area contributed by atoms with Crippen molar-refractivity contribution in [3.63, 3.8) is 0 Å². The van der Waals surface area contributed by atoms with Crippen molar-refractivity contribution >= 4 is 0 Å². The molecule has 0 aromatic heterocycles. The minimum Gasteiger partial charge on any atom is -0.387 e.